The Morgan fingerprint density at radius 1 is 1.20 bits per heavy atom. The van der Waals surface area contributed by atoms with Gasteiger partial charge in [0.15, 0.2) is 5.78 Å². The lowest BCUT2D eigenvalue weighted by molar-refractivity contribution is -0.158. The summed E-state index contributed by atoms with van der Waals surface area (Å²) in [6.07, 6.45) is 13.9. The van der Waals surface area contributed by atoms with Gasteiger partial charge in [0.2, 0.25) is 0 Å². The number of carboxylic acids is 1. The van der Waals surface area contributed by atoms with Crippen LogP contribution in [0.2, 0.25) is 0 Å². The molecule has 0 aromatic heterocycles. The monoisotopic (exact) mass is 350 g/mol. The third-order valence-corrected chi connectivity index (χ3v) is 4.53. The molecule has 0 amide bonds. The van der Waals surface area contributed by atoms with E-state index in [1.54, 1.807) is 12.2 Å². The van der Waals surface area contributed by atoms with Crippen LogP contribution in [0, 0.1) is 5.92 Å². The number of allylic oxidation sites excluding steroid dienone is 3. The van der Waals surface area contributed by atoms with Crippen molar-refractivity contribution in [2.24, 2.45) is 5.92 Å². The molecule has 1 aliphatic rings. The fraction of sp³-hybridized carbons (Fsp3) is 0.650. The van der Waals surface area contributed by atoms with E-state index in [0.717, 1.165) is 32.1 Å². The first-order valence-electron chi connectivity index (χ1n) is 9.20. The van der Waals surface area contributed by atoms with Gasteiger partial charge in [0, 0.05) is 13.3 Å². The molecule has 5 heteroatoms. The second-order valence-electron chi connectivity index (χ2n) is 6.61. The van der Waals surface area contributed by atoms with Gasteiger partial charge in [-0.2, -0.15) is 0 Å². The average Bonchev–Trinajstić information content (AvgIpc) is 2.83. The molecule has 0 saturated heterocycles. The predicted octanol–water partition coefficient (Wildman–Crippen LogP) is 4.22. The molecule has 0 aromatic rings. The van der Waals surface area contributed by atoms with Gasteiger partial charge < -0.3 is 9.84 Å². The quantitative estimate of drug-likeness (QED) is 0.324. The van der Waals surface area contributed by atoms with E-state index < -0.39 is 11.6 Å². The van der Waals surface area contributed by atoms with Crippen LogP contribution in [-0.2, 0) is 19.1 Å². The van der Waals surface area contributed by atoms with Gasteiger partial charge in [-0.25, -0.2) is 0 Å². The molecule has 0 bridgehead atoms. The summed E-state index contributed by atoms with van der Waals surface area (Å²) in [6, 6.07) is 0. The lowest BCUT2D eigenvalue weighted by Gasteiger charge is -2.33. The van der Waals surface area contributed by atoms with Crippen LogP contribution in [0.1, 0.15) is 71.6 Å². The molecule has 1 rings (SSSR count). The summed E-state index contributed by atoms with van der Waals surface area (Å²) in [5.41, 5.74) is -0.831. The maximum atomic E-state index is 12.2. The molecule has 0 aromatic carbocycles. The lowest BCUT2D eigenvalue weighted by atomic mass is 9.82. The normalized spacial score (nSPS) is 22.6. The summed E-state index contributed by atoms with van der Waals surface area (Å²) < 4.78 is 5.61. The number of rotatable bonds is 12. The molecule has 5 nitrogen and oxygen atoms in total. The summed E-state index contributed by atoms with van der Waals surface area (Å²) in [5.74, 6) is -1.45. The lowest BCUT2D eigenvalue weighted by Crippen LogP contribution is -2.40. The molecule has 0 aliphatic heterocycles. The van der Waals surface area contributed by atoms with Gasteiger partial charge >= 0.3 is 11.9 Å². The maximum Gasteiger partial charge on any atom is 0.303 e. The highest BCUT2D eigenvalue weighted by molar-refractivity contribution is 5.96. The Morgan fingerprint density at radius 3 is 2.52 bits per heavy atom. The predicted molar refractivity (Wildman–Crippen MR) is 96.1 cm³/mol. The van der Waals surface area contributed by atoms with E-state index in [1.165, 1.54) is 6.92 Å². The number of ether oxygens (including phenoxy) is 1. The van der Waals surface area contributed by atoms with Crippen LogP contribution in [0.5, 0.6) is 0 Å². The summed E-state index contributed by atoms with van der Waals surface area (Å²) >= 11 is 0. The molecule has 1 aliphatic carbocycles. The number of hydrogen-bond acceptors (Lipinski definition) is 4. The Balaban J connectivity index is 2.57. The van der Waals surface area contributed by atoms with Crippen LogP contribution in [-0.4, -0.2) is 28.4 Å². The summed E-state index contributed by atoms with van der Waals surface area (Å²) in [7, 11) is 0. The van der Waals surface area contributed by atoms with Crippen LogP contribution < -0.4 is 0 Å². The van der Waals surface area contributed by atoms with Gasteiger partial charge in [-0.05, 0) is 44.3 Å². The number of esters is 1. The standard InChI is InChI=1S/C20H30O5/c1-3-4-8-11-17-18(22)13-15-20(17,25-16(2)21)14-10-7-5-6-9-12-19(23)24/h4,8,13,15,17H,3,5-7,9-12,14H2,1-2H3,(H,23,24)/b8-4-/t17-,20+/m0/s1. The molecule has 0 heterocycles. The van der Waals surface area contributed by atoms with Crippen molar-refractivity contribution in [2.75, 3.05) is 0 Å². The van der Waals surface area contributed by atoms with Crippen LogP contribution in [0.3, 0.4) is 0 Å². The first-order valence-corrected chi connectivity index (χ1v) is 9.20. The van der Waals surface area contributed by atoms with Gasteiger partial charge in [0.1, 0.15) is 5.60 Å². The second-order valence-corrected chi connectivity index (χ2v) is 6.61. The zero-order valence-corrected chi connectivity index (χ0v) is 15.3. The van der Waals surface area contributed by atoms with E-state index in [0.29, 0.717) is 19.3 Å². The van der Waals surface area contributed by atoms with Crippen molar-refractivity contribution in [1.82, 2.24) is 0 Å². The molecule has 2 atom stereocenters. The van der Waals surface area contributed by atoms with Gasteiger partial charge in [-0.1, -0.05) is 38.3 Å². The van der Waals surface area contributed by atoms with Gasteiger partial charge in [0.25, 0.3) is 0 Å². The average molecular weight is 350 g/mol. The zero-order valence-electron chi connectivity index (χ0n) is 15.3. The van der Waals surface area contributed by atoms with Crippen LogP contribution in [0.15, 0.2) is 24.3 Å². The fourth-order valence-corrected chi connectivity index (χ4v) is 3.30. The summed E-state index contributed by atoms with van der Waals surface area (Å²) in [6.45, 7) is 3.41. The van der Waals surface area contributed by atoms with Crippen LogP contribution in [0.25, 0.3) is 0 Å². The minimum Gasteiger partial charge on any atom is -0.481 e. The summed E-state index contributed by atoms with van der Waals surface area (Å²) in [4.78, 5) is 34.3. The highest BCUT2D eigenvalue weighted by Gasteiger charge is 2.45. The van der Waals surface area contributed by atoms with Crippen molar-refractivity contribution in [3.63, 3.8) is 0 Å². The van der Waals surface area contributed by atoms with Crippen molar-refractivity contribution < 1.29 is 24.2 Å². The Hall–Kier alpha value is -1.91. The summed E-state index contributed by atoms with van der Waals surface area (Å²) in [5, 5.41) is 8.63. The van der Waals surface area contributed by atoms with Crippen molar-refractivity contribution in [3.05, 3.63) is 24.3 Å². The number of ketones is 1. The van der Waals surface area contributed by atoms with E-state index in [2.05, 4.69) is 0 Å². The Morgan fingerprint density at radius 2 is 1.88 bits per heavy atom. The van der Waals surface area contributed by atoms with Crippen molar-refractivity contribution in [2.45, 2.75) is 77.2 Å². The van der Waals surface area contributed by atoms with E-state index in [4.69, 9.17) is 9.84 Å². The molecule has 25 heavy (non-hydrogen) atoms. The molecule has 0 radical (unpaired) electrons. The number of hydrogen-bond donors (Lipinski definition) is 1. The number of carbonyl (C=O) groups is 3. The number of carboxylic acid groups (broad SMARTS) is 1. The number of unbranched alkanes of at least 4 members (excludes halogenated alkanes) is 4. The molecule has 1 N–H and O–H groups in total. The maximum absolute atomic E-state index is 12.2. The van der Waals surface area contributed by atoms with E-state index >= 15 is 0 Å². The van der Waals surface area contributed by atoms with Crippen molar-refractivity contribution >= 4 is 17.7 Å². The van der Waals surface area contributed by atoms with Gasteiger partial charge in [-0.15, -0.1) is 0 Å². The third kappa shape index (κ3) is 7.24. The largest absolute Gasteiger partial charge is 0.481 e. The number of aliphatic carboxylic acids is 1. The molecule has 0 fully saturated rings. The second kappa shape index (κ2) is 10.9. The fourth-order valence-electron chi connectivity index (χ4n) is 3.30. The topological polar surface area (TPSA) is 80.7 Å². The van der Waals surface area contributed by atoms with Crippen LogP contribution in [0.4, 0.5) is 0 Å². The zero-order chi connectivity index (χ0) is 18.7. The minimum atomic E-state index is -0.831. The minimum absolute atomic E-state index is 0.0171. The first-order chi connectivity index (χ1) is 11.9. The van der Waals surface area contributed by atoms with Crippen molar-refractivity contribution in [3.8, 4) is 0 Å². The smallest absolute Gasteiger partial charge is 0.303 e. The highest BCUT2D eigenvalue weighted by atomic mass is 16.6. The first kappa shape index (κ1) is 21.1. The van der Waals surface area contributed by atoms with E-state index in [-0.39, 0.29) is 24.1 Å². The van der Waals surface area contributed by atoms with Crippen molar-refractivity contribution in [1.29, 1.82) is 0 Å². The molecule has 0 unspecified atom stereocenters. The van der Waals surface area contributed by atoms with E-state index in [9.17, 15) is 14.4 Å². The molecular weight excluding hydrogens is 320 g/mol. The molecule has 0 saturated carbocycles. The SMILES string of the molecule is CC/C=C\C[C@H]1C(=O)C=C[C@@]1(CCCCCCCC(=O)O)OC(C)=O. The molecule has 140 valence electrons. The van der Waals surface area contributed by atoms with Gasteiger partial charge in [0.05, 0.1) is 5.92 Å². The Labute approximate surface area is 150 Å². The van der Waals surface area contributed by atoms with Gasteiger partial charge in [-0.3, -0.25) is 14.4 Å². The highest BCUT2D eigenvalue weighted by Crippen LogP contribution is 2.38. The number of carbonyl (C=O) groups excluding carboxylic acids is 2. The third-order valence-electron chi connectivity index (χ3n) is 4.53. The Kier molecular flexibility index (Phi) is 9.17. The molecular formula is C20H30O5. The van der Waals surface area contributed by atoms with E-state index in [1.807, 2.05) is 19.1 Å². The van der Waals surface area contributed by atoms with Crippen LogP contribution >= 0.6 is 0 Å². The Bertz CT molecular complexity index is 520. The molecule has 0 spiro atoms.